The summed E-state index contributed by atoms with van der Waals surface area (Å²) < 4.78 is 6.40. The number of rotatable bonds is 12. The van der Waals surface area contributed by atoms with Crippen LogP contribution in [-0.2, 0) is 4.79 Å². The molecule has 0 spiro atoms. The van der Waals surface area contributed by atoms with Crippen LogP contribution >= 0.6 is 11.3 Å². The van der Waals surface area contributed by atoms with Gasteiger partial charge in [-0.15, -0.1) is 11.3 Å². The maximum Gasteiger partial charge on any atom is 0.267 e. The topological polar surface area (TPSA) is 116 Å². The Balaban J connectivity index is 1.37. The number of fused-ring (bicyclic) bond motifs is 2. The molecule has 10 heteroatoms. The van der Waals surface area contributed by atoms with Crippen LogP contribution in [0.1, 0.15) is 53.4 Å². The third-order valence-electron chi connectivity index (χ3n) is 7.70. The Labute approximate surface area is 243 Å². The summed E-state index contributed by atoms with van der Waals surface area (Å²) in [7, 11) is 3.51. The summed E-state index contributed by atoms with van der Waals surface area (Å²) in [6.45, 7) is 5.29. The van der Waals surface area contributed by atoms with Gasteiger partial charge in [-0.1, -0.05) is 32.0 Å². The number of amides is 2. The number of benzene rings is 2. The lowest BCUT2D eigenvalue weighted by molar-refractivity contribution is -0.122. The van der Waals surface area contributed by atoms with Crippen molar-refractivity contribution in [2.75, 3.05) is 27.2 Å². The number of Topliss-reactive ketones (excluding diaryl/α,β-unsaturated/α-hetero) is 1. The molecule has 0 bridgehead atoms. The molecule has 216 valence electrons. The molecule has 41 heavy (non-hydrogen) atoms. The van der Waals surface area contributed by atoms with Gasteiger partial charge in [-0.25, -0.2) is 4.98 Å². The number of nitrogens with one attached hydrogen (secondary N) is 3. The molecule has 0 saturated carbocycles. The lowest BCUT2D eigenvalue weighted by Crippen LogP contribution is -2.49. The number of aromatic amines is 1. The first-order chi connectivity index (χ1) is 19.7. The summed E-state index contributed by atoms with van der Waals surface area (Å²) in [6, 6.07) is 14.4. The SMILES string of the molecule is COc1cccc2[nH]c(C(=O)N[C@@H](CC(C)C)CN(C)[C@@H](C[C@@H]3CCNC3=O)C(=O)c3nc4ccccc4s3)cc12. The smallest absolute Gasteiger partial charge is 0.267 e. The quantitative estimate of drug-likeness (QED) is 0.212. The number of ketones is 1. The second-order valence-electron chi connectivity index (χ2n) is 11.2. The van der Waals surface area contributed by atoms with Gasteiger partial charge >= 0.3 is 0 Å². The number of hydrogen-bond donors (Lipinski definition) is 3. The van der Waals surface area contributed by atoms with Crippen LogP contribution in [0.15, 0.2) is 48.5 Å². The second kappa shape index (κ2) is 12.4. The van der Waals surface area contributed by atoms with Gasteiger partial charge in [0.25, 0.3) is 5.91 Å². The number of methoxy groups -OCH3 is 1. The van der Waals surface area contributed by atoms with Gasteiger partial charge in [0.15, 0.2) is 5.01 Å². The number of hydrogen-bond acceptors (Lipinski definition) is 7. The lowest BCUT2D eigenvalue weighted by atomic mass is 9.94. The zero-order valence-corrected chi connectivity index (χ0v) is 24.7. The molecule has 1 aliphatic rings. The highest BCUT2D eigenvalue weighted by Gasteiger charge is 2.35. The van der Waals surface area contributed by atoms with E-state index in [1.54, 1.807) is 13.2 Å². The van der Waals surface area contributed by atoms with Crippen molar-refractivity contribution < 1.29 is 19.1 Å². The van der Waals surface area contributed by atoms with Crippen molar-refractivity contribution in [1.29, 1.82) is 0 Å². The number of carbonyl (C=O) groups excluding carboxylic acids is 3. The van der Waals surface area contributed by atoms with E-state index in [2.05, 4.69) is 34.4 Å². The molecule has 2 aromatic heterocycles. The third kappa shape index (κ3) is 6.44. The van der Waals surface area contributed by atoms with E-state index in [0.717, 1.165) is 27.5 Å². The second-order valence-corrected chi connectivity index (χ2v) is 12.3. The molecule has 0 radical (unpaired) electrons. The number of nitrogens with zero attached hydrogens (tertiary/aromatic N) is 2. The molecule has 2 amide bonds. The van der Waals surface area contributed by atoms with Gasteiger partial charge in [-0.2, -0.15) is 0 Å². The minimum absolute atomic E-state index is 0.0122. The Hall–Kier alpha value is -3.76. The van der Waals surface area contributed by atoms with Crippen LogP contribution in [0.3, 0.4) is 0 Å². The Kier molecular flexibility index (Phi) is 8.70. The van der Waals surface area contributed by atoms with E-state index in [0.29, 0.717) is 48.3 Å². The van der Waals surface area contributed by atoms with E-state index in [-0.39, 0.29) is 29.6 Å². The minimum atomic E-state index is -0.548. The monoisotopic (exact) mass is 575 g/mol. The summed E-state index contributed by atoms with van der Waals surface area (Å²) in [6.07, 6.45) is 1.83. The number of para-hydroxylation sites is 1. The Bertz CT molecular complexity index is 1530. The molecule has 0 aliphatic carbocycles. The Morgan fingerprint density at radius 3 is 2.71 bits per heavy atom. The van der Waals surface area contributed by atoms with Gasteiger partial charge in [0.2, 0.25) is 11.7 Å². The number of aromatic nitrogens is 2. The largest absolute Gasteiger partial charge is 0.496 e. The van der Waals surface area contributed by atoms with Crippen molar-refractivity contribution in [1.82, 2.24) is 25.5 Å². The van der Waals surface area contributed by atoms with Crippen molar-refractivity contribution in [2.24, 2.45) is 11.8 Å². The standard InChI is InChI=1S/C31H37N5O4S/c1-18(2)14-20(33-30(39)24-16-21-22(34-24)9-7-10-26(21)40-4)17-36(3)25(15-19-12-13-32-29(19)38)28(37)31-35-23-8-5-6-11-27(23)41-31/h5-11,16,18-20,25,34H,12-15,17H2,1-4H3,(H,32,38)(H,33,39)/t19-,20-,25-/m0/s1. The first-order valence-electron chi connectivity index (χ1n) is 14.1. The maximum atomic E-state index is 13.9. The highest BCUT2D eigenvalue weighted by Crippen LogP contribution is 2.28. The van der Waals surface area contributed by atoms with Crippen LogP contribution in [0.2, 0.25) is 0 Å². The van der Waals surface area contributed by atoms with Crippen molar-refractivity contribution >= 4 is 50.1 Å². The molecule has 9 nitrogen and oxygen atoms in total. The van der Waals surface area contributed by atoms with Crippen molar-refractivity contribution in [2.45, 2.75) is 45.2 Å². The van der Waals surface area contributed by atoms with Gasteiger partial charge in [-0.05, 0) is 62.6 Å². The number of thiazole rings is 1. The average Bonchev–Trinajstić information content (AvgIpc) is 3.68. The summed E-state index contributed by atoms with van der Waals surface area (Å²) in [5.41, 5.74) is 2.06. The predicted octanol–water partition coefficient (Wildman–Crippen LogP) is 4.64. The molecule has 2 aromatic carbocycles. The fourth-order valence-corrected chi connectivity index (χ4v) is 6.61. The first-order valence-corrected chi connectivity index (χ1v) is 14.9. The first kappa shape index (κ1) is 28.8. The molecule has 4 aromatic rings. The molecule has 3 N–H and O–H groups in total. The Morgan fingerprint density at radius 1 is 1.20 bits per heavy atom. The van der Waals surface area contributed by atoms with Gasteiger partial charge in [0.05, 0.1) is 23.4 Å². The van der Waals surface area contributed by atoms with Crippen molar-refractivity contribution in [3.8, 4) is 5.75 Å². The fourth-order valence-electron chi connectivity index (χ4n) is 5.66. The number of H-pyrrole nitrogens is 1. The van der Waals surface area contributed by atoms with E-state index in [1.165, 1.54) is 11.3 Å². The number of carbonyl (C=O) groups is 3. The molecule has 3 atom stereocenters. The maximum absolute atomic E-state index is 13.9. The zero-order valence-electron chi connectivity index (χ0n) is 23.9. The summed E-state index contributed by atoms with van der Waals surface area (Å²) in [5.74, 6) is 0.457. The normalized spacial score (nSPS) is 16.8. The highest BCUT2D eigenvalue weighted by molar-refractivity contribution is 7.20. The molecule has 1 saturated heterocycles. The third-order valence-corrected chi connectivity index (χ3v) is 8.75. The van der Waals surface area contributed by atoms with E-state index >= 15 is 0 Å². The molecular weight excluding hydrogens is 538 g/mol. The van der Waals surface area contributed by atoms with Gasteiger partial charge in [0, 0.05) is 36.0 Å². The van der Waals surface area contributed by atoms with Crippen LogP contribution in [0.4, 0.5) is 0 Å². The van der Waals surface area contributed by atoms with E-state index < -0.39 is 6.04 Å². The Morgan fingerprint density at radius 2 is 2.00 bits per heavy atom. The summed E-state index contributed by atoms with van der Waals surface area (Å²) in [4.78, 5) is 49.6. The lowest BCUT2D eigenvalue weighted by Gasteiger charge is -2.32. The van der Waals surface area contributed by atoms with E-state index in [4.69, 9.17) is 4.74 Å². The van der Waals surface area contributed by atoms with Crippen molar-refractivity contribution in [3.63, 3.8) is 0 Å². The molecule has 1 fully saturated rings. The van der Waals surface area contributed by atoms with Crippen LogP contribution < -0.4 is 15.4 Å². The van der Waals surface area contributed by atoms with Crippen LogP contribution in [0.25, 0.3) is 21.1 Å². The van der Waals surface area contributed by atoms with E-state index in [9.17, 15) is 14.4 Å². The summed E-state index contributed by atoms with van der Waals surface area (Å²) >= 11 is 1.38. The zero-order chi connectivity index (χ0) is 29.1. The minimum Gasteiger partial charge on any atom is -0.496 e. The number of ether oxygens (including phenoxy) is 1. The molecular formula is C31H37N5O4S. The highest BCUT2D eigenvalue weighted by atomic mass is 32.1. The average molecular weight is 576 g/mol. The van der Waals surface area contributed by atoms with Gasteiger partial charge in [-0.3, -0.25) is 19.3 Å². The molecule has 5 rings (SSSR count). The molecule has 3 heterocycles. The van der Waals surface area contributed by atoms with Gasteiger partial charge < -0.3 is 20.4 Å². The van der Waals surface area contributed by atoms with Crippen molar-refractivity contribution in [3.05, 3.63) is 59.2 Å². The van der Waals surface area contributed by atoms with E-state index in [1.807, 2.05) is 54.4 Å². The molecule has 0 unspecified atom stereocenters. The van der Waals surface area contributed by atoms with Gasteiger partial charge in [0.1, 0.15) is 11.4 Å². The van der Waals surface area contributed by atoms with Crippen LogP contribution in [0.5, 0.6) is 5.75 Å². The van der Waals surface area contributed by atoms with Crippen LogP contribution in [-0.4, -0.2) is 71.8 Å². The number of likely N-dealkylation sites (N-methyl/N-ethyl adjacent to an activating group) is 1. The molecule has 1 aliphatic heterocycles. The predicted molar refractivity (Wildman–Crippen MR) is 162 cm³/mol. The van der Waals surface area contributed by atoms with Crippen LogP contribution in [0, 0.1) is 11.8 Å². The fraction of sp³-hybridized carbons (Fsp3) is 0.419. The summed E-state index contributed by atoms with van der Waals surface area (Å²) in [5, 5.41) is 7.37.